The van der Waals surface area contributed by atoms with E-state index in [9.17, 15) is 18.4 Å². The fourth-order valence-corrected chi connectivity index (χ4v) is 2.69. The molecule has 0 heterocycles. The van der Waals surface area contributed by atoms with E-state index in [1.54, 1.807) is 24.3 Å². The maximum atomic E-state index is 12.8. The Labute approximate surface area is 135 Å². The van der Waals surface area contributed by atoms with E-state index in [1.165, 1.54) is 12.1 Å². The van der Waals surface area contributed by atoms with Gasteiger partial charge in [0.15, 0.2) is 0 Å². The third kappa shape index (κ3) is 3.99. The highest BCUT2D eigenvalue weighted by molar-refractivity contribution is 8.03. The number of nitrogens with two attached hydrogens (primary N) is 2. The molecule has 0 amide bonds. The first kappa shape index (κ1) is 16.8. The molecule has 0 aliphatic heterocycles. The van der Waals surface area contributed by atoms with Gasteiger partial charge in [-0.15, -0.1) is 0 Å². The highest BCUT2D eigenvalue weighted by Crippen LogP contribution is 2.35. The molecule has 118 valence electrons. The van der Waals surface area contributed by atoms with Crippen LogP contribution in [0.5, 0.6) is 0 Å². The molecule has 7 heteroatoms. The number of rotatable bonds is 3. The van der Waals surface area contributed by atoms with E-state index in [-0.39, 0.29) is 16.2 Å². The molecule has 0 unspecified atom stereocenters. The Kier molecular flexibility index (Phi) is 4.86. The van der Waals surface area contributed by atoms with E-state index in [1.807, 2.05) is 6.07 Å². The molecule has 0 fully saturated rings. The first-order valence-corrected chi connectivity index (χ1v) is 7.24. The highest BCUT2D eigenvalue weighted by atomic mass is 32.2. The van der Waals surface area contributed by atoms with Crippen molar-refractivity contribution >= 4 is 23.0 Å². The number of halogens is 3. The van der Waals surface area contributed by atoms with Crippen LogP contribution in [-0.2, 0) is 6.18 Å². The molecule has 0 aliphatic rings. The fraction of sp³-hybridized carbons (Fsp3) is 0.0625. The maximum absolute atomic E-state index is 12.8. The van der Waals surface area contributed by atoms with E-state index in [4.69, 9.17) is 11.5 Å². The lowest BCUT2D eigenvalue weighted by atomic mass is 10.0. The minimum Gasteiger partial charge on any atom is -0.398 e. The van der Waals surface area contributed by atoms with Crippen LogP contribution in [0.15, 0.2) is 58.5 Å². The van der Waals surface area contributed by atoms with E-state index < -0.39 is 11.7 Å². The molecule has 0 radical (unpaired) electrons. The molecule has 0 saturated carbocycles. The van der Waals surface area contributed by atoms with E-state index >= 15 is 0 Å². The minimum atomic E-state index is -4.48. The van der Waals surface area contributed by atoms with Crippen molar-refractivity contribution in [3.8, 4) is 6.07 Å². The van der Waals surface area contributed by atoms with Crippen molar-refractivity contribution in [3.63, 3.8) is 0 Å². The van der Waals surface area contributed by atoms with Gasteiger partial charge < -0.3 is 11.5 Å². The molecule has 0 spiro atoms. The highest BCUT2D eigenvalue weighted by Gasteiger charge is 2.30. The first-order valence-electron chi connectivity index (χ1n) is 6.42. The van der Waals surface area contributed by atoms with E-state index in [2.05, 4.69) is 0 Å². The number of hydrogen-bond acceptors (Lipinski definition) is 4. The van der Waals surface area contributed by atoms with Crippen LogP contribution in [-0.4, -0.2) is 0 Å². The Bertz CT molecular complexity index is 792. The number of nitrogens with zero attached hydrogens (tertiary/aromatic N) is 1. The normalized spacial score (nSPS) is 12.4. The smallest absolute Gasteiger partial charge is 0.398 e. The minimum absolute atomic E-state index is 0.0237. The monoisotopic (exact) mass is 335 g/mol. The number of alkyl halides is 3. The number of hydrogen-bond donors (Lipinski definition) is 2. The molecule has 2 aromatic rings. The Balaban J connectivity index is 2.43. The third-order valence-corrected chi connectivity index (χ3v) is 3.99. The molecule has 0 aromatic heterocycles. The molecule has 4 N–H and O–H groups in total. The molecule has 0 aliphatic carbocycles. The second-order valence-electron chi connectivity index (χ2n) is 4.57. The summed E-state index contributed by atoms with van der Waals surface area (Å²) < 4.78 is 38.4. The summed E-state index contributed by atoms with van der Waals surface area (Å²) >= 11 is 1.04. The van der Waals surface area contributed by atoms with Crippen LogP contribution < -0.4 is 11.5 Å². The summed E-state index contributed by atoms with van der Waals surface area (Å²) in [5.41, 5.74) is 11.4. The van der Waals surface area contributed by atoms with Crippen molar-refractivity contribution in [1.82, 2.24) is 0 Å². The molecule has 0 bridgehead atoms. The van der Waals surface area contributed by atoms with Crippen molar-refractivity contribution in [3.05, 3.63) is 64.7 Å². The van der Waals surface area contributed by atoms with Gasteiger partial charge in [-0.2, -0.15) is 18.4 Å². The first-order chi connectivity index (χ1) is 10.8. The number of nitriles is 1. The quantitative estimate of drug-likeness (QED) is 0.500. The van der Waals surface area contributed by atoms with Crippen molar-refractivity contribution in [2.24, 2.45) is 5.73 Å². The average molecular weight is 335 g/mol. The predicted molar refractivity (Wildman–Crippen MR) is 84.9 cm³/mol. The van der Waals surface area contributed by atoms with Crippen LogP contribution >= 0.6 is 11.8 Å². The van der Waals surface area contributed by atoms with Gasteiger partial charge in [0.25, 0.3) is 0 Å². The number of benzene rings is 2. The lowest BCUT2D eigenvalue weighted by molar-refractivity contribution is -0.137. The summed E-state index contributed by atoms with van der Waals surface area (Å²) in [6, 6.07) is 13.2. The van der Waals surface area contributed by atoms with Crippen LogP contribution in [0.1, 0.15) is 11.1 Å². The summed E-state index contributed by atoms with van der Waals surface area (Å²) in [6.45, 7) is 0. The van der Waals surface area contributed by atoms with Crippen molar-refractivity contribution in [2.45, 2.75) is 11.1 Å². The molecule has 0 atom stereocenters. The van der Waals surface area contributed by atoms with Crippen LogP contribution in [0.2, 0.25) is 0 Å². The fourth-order valence-electron chi connectivity index (χ4n) is 1.86. The topological polar surface area (TPSA) is 75.8 Å². The summed E-state index contributed by atoms with van der Waals surface area (Å²) in [5.74, 6) is 0. The average Bonchev–Trinajstić information content (AvgIpc) is 2.50. The zero-order valence-corrected chi connectivity index (χ0v) is 12.6. The Hall–Kier alpha value is -2.59. The Morgan fingerprint density at radius 2 is 1.78 bits per heavy atom. The lowest BCUT2D eigenvalue weighted by Crippen LogP contribution is -2.06. The van der Waals surface area contributed by atoms with Gasteiger partial charge in [0.2, 0.25) is 0 Å². The van der Waals surface area contributed by atoms with Gasteiger partial charge in [-0.1, -0.05) is 36.0 Å². The van der Waals surface area contributed by atoms with Gasteiger partial charge in [-0.05, 0) is 29.8 Å². The van der Waals surface area contributed by atoms with Gasteiger partial charge >= 0.3 is 6.18 Å². The number of anilines is 1. The Morgan fingerprint density at radius 1 is 1.09 bits per heavy atom. The summed E-state index contributed by atoms with van der Waals surface area (Å²) in [5, 5.41) is 9.36. The number of para-hydroxylation sites is 1. The second kappa shape index (κ2) is 6.67. The third-order valence-electron chi connectivity index (χ3n) is 2.98. The lowest BCUT2D eigenvalue weighted by Gasteiger charge is -2.10. The molecular weight excluding hydrogens is 323 g/mol. The van der Waals surface area contributed by atoms with Gasteiger partial charge in [0.1, 0.15) is 6.07 Å². The van der Waals surface area contributed by atoms with E-state index in [0.29, 0.717) is 10.6 Å². The SMILES string of the molecule is N#C/C(=C(\N)Sc1ccccc1N)c1cccc(C(F)(F)F)c1. The Morgan fingerprint density at radius 3 is 2.39 bits per heavy atom. The number of thioether (sulfide) groups is 1. The van der Waals surface area contributed by atoms with Crippen LogP contribution in [0.3, 0.4) is 0 Å². The predicted octanol–water partition coefficient (Wildman–Crippen LogP) is 4.23. The maximum Gasteiger partial charge on any atom is 0.416 e. The van der Waals surface area contributed by atoms with Crippen LogP contribution in [0.25, 0.3) is 5.57 Å². The van der Waals surface area contributed by atoms with Gasteiger partial charge in [0.05, 0.1) is 16.2 Å². The summed E-state index contributed by atoms with van der Waals surface area (Å²) in [4.78, 5) is 0.629. The van der Waals surface area contributed by atoms with Gasteiger partial charge in [-0.3, -0.25) is 0 Å². The largest absolute Gasteiger partial charge is 0.416 e. The zero-order valence-electron chi connectivity index (χ0n) is 11.8. The summed E-state index contributed by atoms with van der Waals surface area (Å²) in [6.07, 6.45) is -4.48. The van der Waals surface area contributed by atoms with Crippen LogP contribution in [0, 0.1) is 11.3 Å². The van der Waals surface area contributed by atoms with Gasteiger partial charge in [0, 0.05) is 10.6 Å². The van der Waals surface area contributed by atoms with Crippen LogP contribution in [0.4, 0.5) is 18.9 Å². The molecular formula is C16H12F3N3S. The molecule has 23 heavy (non-hydrogen) atoms. The van der Waals surface area contributed by atoms with E-state index in [0.717, 1.165) is 23.9 Å². The van der Waals surface area contributed by atoms with Gasteiger partial charge in [-0.25, -0.2) is 0 Å². The number of allylic oxidation sites excluding steroid dienone is 1. The summed E-state index contributed by atoms with van der Waals surface area (Å²) in [7, 11) is 0. The molecule has 2 aromatic carbocycles. The molecule has 2 rings (SSSR count). The zero-order chi connectivity index (χ0) is 17.0. The van der Waals surface area contributed by atoms with Crippen molar-refractivity contribution < 1.29 is 13.2 Å². The number of nitrogen functional groups attached to an aromatic ring is 1. The second-order valence-corrected chi connectivity index (χ2v) is 5.65. The molecule has 3 nitrogen and oxygen atoms in total. The van der Waals surface area contributed by atoms with Crippen molar-refractivity contribution in [1.29, 1.82) is 5.26 Å². The van der Waals surface area contributed by atoms with Crippen molar-refractivity contribution in [2.75, 3.05) is 5.73 Å². The molecule has 0 saturated heterocycles. The standard InChI is InChI=1S/C16H12F3N3S/c17-16(18,19)11-5-3-4-10(8-11)12(9-20)15(22)23-14-7-2-1-6-13(14)21/h1-8H,21-22H2/b15-12-.